The third-order valence-electron chi connectivity index (χ3n) is 4.08. The molecule has 0 fully saturated rings. The van der Waals surface area contributed by atoms with Gasteiger partial charge in [0.05, 0.1) is 10.5 Å². The highest BCUT2D eigenvalue weighted by atomic mass is 19.1. The number of Topliss-reactive ketones (excluding diaryl/α,β-unsaturated/α-hetero) is 1. The van der Waals surface area contributed by atoms with Crippen LogP contribution in [0.25, 0.3) is 6.08 Å². The Morgan fingerprint density at radius 2 is 1.88 bits per heavy atom. The molecule has 0 spiro atoms. The van der Waals surface area contributed by atoms with E-state index in [2.05, 4.69) is 0 Å². The number of carbonyl (C=O) groups excluding carboxylic acids is 1. The Kier molecular flexibility index (Phi) is 3.56. The summed E-state index contributed by atoms with van der Waals surface area (Å²) in [5, 5.41) is 30.2. The summed E-state index contributed by atoms with van der Waals surface area (Å²) < 4.78 is 14.0. The molecule has 0 amide bonds. The molecule has 0 heterocycles. The molecule has 0 saturated carbocycles. The molecule has 0 aliphatic heterocycles. The standard InChI is InChI=1S/C17H12FNO5/c1-8-10(6-9-2-4-13(20)12(7-9)19(23)24)17(22)16-14(21)5-3-11(18)15(8)16/h2-8,20-21H,1H3/b10-6+/t8-/m1/s1. The van der Waals surface area contributed by atoms with E-state index in [-0.39, 0.29) is 22.4 Å². The maximum Gasteiger partial charge on any atom is 0.311 e. The van der Waals surface area contributed by atoms with Crippen molar-refractivity contribution in [2.75, 3.05) is 0 Å². The van der Waals surface area contributed by atoms with Gasteiger partial charge in [-0.15, -0.1) is 0 Å². The van der Waals surface area contributed by atoms with Crippen LogP contribution in [0.4, 0.5) is 10.1 Å². The molecule has 0 radical (unpaired) electrons. The minimum absolute atomic E-state index is 0.0815. The lowest BCUT2D eigenvalue weighted by Gasteiger charge is -2.07. The monoisotopic (exact) mass is 329 g/mol. The second-order valence-electron chi connectivity index (χ2n) is 5.51. The Labute approximate surface area is 135 Å². The molecule has 0 unspecified atom stereocenters. The van der Waals surface area contributed by atoms with Crippen molar-refractivity contribution in [2.45, 2.75) is 12.8 Å². The molecule has 2 aromatic rings. The minimum atomic E-state index is -0.739. The van der Waals surface area contributed by atoms with E-state index in [0.29, 0.717) is 5.56 Å². The first-order chi connectivity index (χ1) is 11.3. The molecule has 7 heteroatoms. The number of carbonyl (C=O) groups is 1. The molecule has 0 bridgehead atoms. The van der Waals surface area contributed by atoms with Crippen LogP contribution in [0.5, 0.6) is 11.5 Å². The van der Waals surface area contributed by atoms with E-state index in [1.807, 2.05) is 0 Å². The summed E-state index contributed by atoms with van der Waals surface area (Å²) in [4.78, 5) is 22.6. The highest BCUT2D eigenvalue weighted by molar-refractivity contribution is 6.18. The van der Waals surface area contributed by atoms with Crippen LogP contribution in [-0.2, 0) is 0 Å². The summed E-state index contributed by atoms with van der Waals surface area (Å²) >= 11 is 0. The first-order valence-corrected chi connectivity index (χ1v) is 7.06. The summed E-state index contributed by atoms with van der Waals surface area (Å²) in [6.07, 6.45) is 1.40. The van der Waals surface area contributed by atoms with Gasteiger partial charge in [0.15, 0.2) is 11.5 Å². The maximum atomic E-state index is 14.0. The van der Waals surface area contributed by atoms with Crippen LogP contribution in [0, 0.1) is 15.9 Å². The van der Waals surface area contributed by atoms with Crippen LogP contribution >= 0.6 is 0 Å². The highest BCUT2D eigenvalue weighted by Crippen LogP contribution is 2.43. The second kappa shape index (κ2) is 5.45. The number of halogens is 1. The SMILES string of the molecule is C[C@@H]1/C(=C\c2ccc(O)c([N+](=O)[O-])c2)C(=O)c2c(O)ccc(F)c21. The molecule has 6 nitrogen and oxygen atoms in total. The van der Waals surface area contributed by atoms with Crippen molar-refractivity contribution in [2.24, 2.45) is 0 Å². The number of fused-ring (bicyclic) bond motifs is 1. The van der Waals surface area contributed by atoms with E-state index < -0.39 is 33.9 Å². The van der Waals surface area contributed by atoms with Gasteiger partial charge in [-0.05, 0) is 29.8 Å². The summed E-state index contributed by atoms with van der Waals surface area (Å²) in [6.45, 7) is 1.62. The van der Waals surface area contributed by atoms with Gasteiger partial charge in [-0.1, -0.05) is 13.0 Å². The molecule has 24 heavy (non-hydrogen) atoms. The van der Waals surface area contributed by atoms with E-state index in [0.717, 1.165) is 24.3 Å². The molecule has 1 aliphatic carbocycles. The number of phenolic OH excluding ortho intramolecular Hbond substituents is 2. The summed E-state index contributed by atoms with van der Waals surface area (Å²) in [5.41, 5.74) is 0.0725. The lowest BCUT2D eigenvalue weighted by Crippen LogP contribution is -1.98. The Morgan fingerprint density at radius 1 is 1.21 bits per heavy atom. The van der Waals surface area contributed by atoms with Gasteiger partial charge in [0.2, 0.25) is 0 Å². The number of rotatable bonds is 2. The lowest BCUT2D eigenvalue weighted by molar-refractivity contribution is -0.385. The average Bonchev–Trinajstić information content (AvgIpc) is 2.78. The largest absolute Gasteiger partial charge is 0.507 e. The van der Waals surface area contributed by atoms with Gasteiger partial charge in [-0.25, -0.2) is 4.39 Å². The predicted molar refractivity (Wildman–Crippen MR) is 83.5 cm³/mol. The maximum absolute atomic E-state index is 14.0. The summed E-state index contributed by atoms with van der Waals surface area (Å²) in [7, 11) is 0. The van der Waals surface area contributed by atoms with Crippen molar-refractivity contribution in [1.29, 1.82) is 0 Å². The molecule has 1 atom stereocenters. The zero-order valence-electron chi connectivity index (χ0n) is 12.5. The molecule has 122 valence electrons. The van der Waals surface area contributed by atoms with Crippen molar-refractivity contribution in [1.82, 2.24) is 0 Å². The zero-order chi connectivity index (χ0) is 17.6. The van der Waals surface area contributed by atoms with Crippen molar-refractivity contribution in [3.8, 4) is 11.5 Å². The normalized spacial score (nSPS) is 18.0. The average molecular weight is 329 g/mol. The smallest absolute Gasteiger partial charge is 0.311 e. The van der Waals surface area contributed by atoms with Gasteiger partial charge < -0.3 is 10.2 Å². The molecule has 2 aromatic carbocycles. The first-order valence-electron chi connectivity index (χ1n) is 7.06. The fourth-order valence-electron chi connectivity index (χ4n) is 2.89. The van der Waals surface area contributed by atoms with Gasteiger partial charge in [-0.3, -0.25) is 14.9 Å². The van der Waals surface area contributed by atoms with Crippen molar-refractivity contribution in [3.63, 3.8) is 0 Å². The van der Waals surface area contributed by atoms with Crippen molar-refractivity contribution in [3.05, 3.63) is 68.5 Å². The lowest BCUT2D eigenvalue weighted by atomic mass is 9.97. The Bertz CT molecular complexity index is 919. The van der Waals surface area contributed by atoms with Crippen LogP contribution in [0.3, 0.4) is 0 Å². The molecule has 2 N–H and O–H groups in total. The van der Waals surface area contributed by atoms with Gasteiger partial charge in [0.25, 0.3) is 0 Å². The Balaban J connectivity index is 2.12. The van der Waals surface area contributed by atoms with Crippen molar-refractivity contribution >= 4 is 17.5 Å². The number of allylic oxidation sites excluding steroid dienone is 1. The Morgan fingerprint density at radius 3 is 2.50 bits per heavy atom. The minimum Gasteiger partial charge on any atom is -0.507 e. The topological polar surface area (TPSA) is 101 Å². The highest BCUT2D eigenvalue weighted by Gasteiger charge is 2.36. The predicted octanol–water partition coefficient (Wildman–Crippen LogP) is 3.53. The molecule has 1 aliphatic rings. The van der Waals surface area contributed by atoms with E-state index in [4.69, 9.17) is 0 Å². The summed E-state index contributed by atoms with van der Waals surface area (Å²) in [6, 6.07) is 5.90. The number of hydrogen-bond acceptors (Lipinski definition) is 5. The molecule has 0 aromatic heterocycles. The number of hydrogen-bond donors (Lipinski definition) is 2. The van der Waals surface area contributed by atoms with Crippen LogP contribution in [0.2, 0.25) is 0 Å². The third kappa shape index (κ3) is 2.30. The molecule has 0 saturated heterocycles. The molecule has 3 rings (SSSR count). The van der Waals surface area contributed by atoms with Crippen LogP contribution in [0.1, 0.15) is 34.3 Å². The molecular weight excluding hydrogens is 317 g/mol. The van der Waals surface area contributed by atoms with Gasteiger partial charge in [-0.2, -0.15) is 0 Å². The van der Waals surface area contributed by atoms with E-state index >= 15 is 0 Å². The fraction of sp³-hybridized carbons (Fsp3) is 0.118. The van der Waals surface area contributed by atoms with Gasteiger partial charge >= 0.3 is 5.69 Å². The molecular formula is C17H12FNO5. The summed E-state index contributed by atoms with van der Waals surface area (Å²) in [5.74, 6) is -2.51. The fourth-order valence-corrected chi connectivity index (χ4v) is 2.89. The van der Waals surface area contributed by atoms with E-state index in [1.165, 1.54) is 12.1 Å². The van der Waals surface area contributed by atoms with Gasteiger partial charge in [0.1, 0.15) is 11.6 Å². The zero-order valence-corrected chi connectivity index (χ0v) is 12.5. The van der Waals surface area contributed by atoms with Gasteiger partial charge in [0, 0.05) is 23.1 Å². The van der Waals surface area contributed by atoms with Crippen molar-refractivity contribution < 1.29 is 24.3 Å². The number of nitro groups is 1. The second-order valence-corrected chi connectivity index (χ2v) is 5.51. The number of ketones is 1. The number of benzene rings is 2. The first kappa shape index (κ1) is 15.7. The third-order valence-corrected chi connectivity index (χ3v) is 4.08. The van der Waals surface area contributed by atoms with E-state index in [1.54, 1.807) is 6.92 Å². The number of aromatic hydroxyl groups is 2. The van der Waals surface area contributed by atoms with Crippen LogP contribution in [0.15, 0.2) is 35.9 Å². The number of nitro benzene ring substituents is 1. The Hall–Kier alpha value is -3.22. The quantitative estimate of drug-likeness (QED) is 0.499. The number of nitrogens with zero attached hydrogens (tertiary/aromatic N) is 1. The van der Waals surface area contributed by atoms with Crippen LogP contribution in [-0.4, -0.2) is 20.9 Å². The number of phenols is 2. The van der Waals surface area contributed by atoms with Crippen LogP contribution < -0.4 is 0 Å². The van der Waals surface area contributed by atoms with E-state index in [9.17, 15) is 29.5 Å².